The summed E-state index contributed by atoms with van der Waals surface area (Å²) in [4.78, 5) is 11.3. The van der Waals surface area contributed by atoms with Gasteiger partial charge in [-0.25, -0.2) is 0 Å². The second kappa shape index (κ2) is 5.05. The van der Waals surface area contributed by atoms with E-state index >= 15 is 0 Å². The number of carbonyl (C=O) groups is 1. The van der Waals surface area contributed by atoms with Crippen LogP contribution in [0.4, 0.5) is 5.69 Å². The summed E-state index contributed by atoms with van der Waals surface area (Å²) in [6.07, 6.45) is 2.25. The Kier molecular flexibility index (Phi) is 3.49. The van der Waals surface area contributed by atoms with Crippen molar-refractivity contribution in [2.24, 2.45) is 5.73 Å². The van der Waals surface area contributed by atoms with Crippen molar-refractivity contribution in [1.82, 2.24) is 5.32 Å². The Bertz CT molecular complexity index is 414. The zero-order valence-electron chi connectivity index (χ0n) is 9.61. The van der Waals surface area contributed by atoms with Gasteiger partial charge in [-0.1, -0.05) is 6.07 Å². The molecule has 92 valence electrons. The SMILES string of the molecule is NC(=O)c1c(N)cccc1OCC1CCCN1. The van der Waals surface area contributed by atoms with Crippen LogP contribution in [0.5, 0.6) is 5.75 Å². The highest BCUT2D eigenvalue weighted by atomic mass is 16.5. The summed E-state index contributed by atoms with van der Waals surface area (Å²) in [6, 6.07) is 5.45. The van der Waals surface area contributed by atoms with E-state index in [2.05, 4.69) is 5.32 Å². The average molecular weight is 235 g/mol. The summed E-state index contributed by atoms with van der Waals surface area (Å²) < 4.78 is 5.62. The van der Waals surface area contributed by atoms with Crippen LogP contribution in [-0.4, -0.2) is 25.1 Å². The molecule has 0 bridgehead atoms. The molecule has 2 rings (SSSR count). The lowest BCUT2D eigenvalue weighted by Gasteiger charge is -2.14. The van der Waals surface area contributed by atoms with Crippen LogP contribution in [0.25, 0.3) is 0 Å². The second-order valence-corrected chi connectivity index (χ2v) is 4.19. The van der Waals surface area contributed by atoms with Crippen LogP contribution in [0, 0.1) is 0 Å². The van der Waals surface area contributed by atoms with Gasteiger partial charge < -0.3 is 21.5 Å². The number of anilines is 1. The van der Waals surface area contributed by atoms with E-state index in [1.165, 1.54) is 0 Å². The van der Waals surface area contributed by atoms with E-state index in [0.717, 1.165) is 19.4 Å². The van der Waals surface area contributed by atoms with E-state index in [1.54, 1.807) is 18.2 Å². The minimum Gasteiger partial charge on any atom is -0.491 e. The molecule has 1 unspecified atom stereocenters. The summed E-state index contributed by atoms with van der Waals surface area (Å²) in [6.45, 7) is 1.55. The minimum absolute atomic E-state index is 0.269. The van der Waals surface area contributed by atoms with Crippen LogP contribution < -0.4 is 21.5 Å². The molecule has 0 saturated carbocycles. The molecule has 1 aromatic rings. The van der Waals surface area contributed by atoms with Crippen LogP contribution in [-0.2, 0) is 0 Å². The normalized spacial score (nSPS) is 19.2. The van der Waals surface area contributed by atoms with E-state index in [-0.39, 0.29) is 5.56 Å². The largest absolute Gasteiger partial charge is 0.491 e. The van der Waals surface area contributed by atoms with Gasteiger partial charge in [-0.15, -0.1) is 0 Å². The number of amides is 1. The summed E-state index contributed by atoms with van der Waals surface area (Å²) in [5.41, 5.74) is 11.6. The first-order valence-corrected chi connectivity index (χ1v) is 5.73. The van der Waals surface area contributed by atoms with Crippen LogP contribution >= 0.6 is 0 Å². The summed E-state index contributed by atoms with van der Waals surface area (Å²) in [5.74, 6) is -0.0938. The fourth-order valence-electron chi connectivity index (χ4n) is 2.02. The number of rotatable bonds is 4. The molecule has 0 radical (unpaired) electrons. The number of primary amides is 1. The molecule has 1 saturated heterocycles. The molecule has 1 heterocycles. The lowest BCUT2D eigenvalue weighted by Crippen LogP contribution is -2.28. The molecule has 5 N–H and O–H groups in total. The topological polar surface area (TPSA) is 90.4 Å². The Morgan fingerprint density at radius 1 is 1.53 bits per heavy atom. The van der Waals surface area contributed by atoms with Crippen LogP contribution in [0.3, 0.4) is 0 Å². The fourth-order valence-corrected chi connectivity index (χ4v) is 2.02. The molecule has 17 heavy (non-hydrogen) atoms. The Morgan fingerprint density at radius 3 is 3.00 bits per heavy atom. The van der Waals surface area contributed by atoms with Gasteiger partial charge in [0.1, 0.15) is 17.9 Å². The Morgan fingerprint density at radius 2 is 2.35 bits per heavy atom. The van der Waals surface area contributed by atoms with Crippen molar-refractivity contribution in [1.29, 1.82) is 0 Å². The maximum atomic E-state index is 11.3. The van der Waals surface area contributed by atoms with Gasteiger partial charge in [-0.05, 0) is 31.5 Å². The average Bonchev–Trinajstić information content (AvgIpc) is 2.78. The van der Waals surface area contributed by atoms with Crippen molar-refractivity contribution in [3.8, 4) is 5.75 Å². The molecular formula is C12H17N3O2. The van der Waals surface area contributed by atoms with Gasteiger partial charge in [0.05, 0.1) is 0 Å². The molecule has 1 aliphatic rings. The smallest absolute Gasteiger partial charge is 0.254 e. The highest BCUT2D eigenvalue weighted by molar-refractivity contribution is 6.00. The molecule has 5 nitrogen and oxygen atoms in total. The van der Waals surface area contributed by atoms with Crippen LogP contribution in [0.2, 0.25) is 0 Å². The molecule has 0 spiro atoms. The zero-order chi connectivity index (χ0) is 12.3. The fraction of sp³-hybridized carbons (Fsp3) is 0.417. The molecule has 0 aliphatic carbocycles. The van der Waals surface area contributed by atoms with Gasteiger partial charge in [-0.2, -0.15) is 0 Å². The summed E-state index contributed by atoms with van der Waals surface area (Å²) >= 11 is 0. The van der Waals surface area contributed by atoms with Gasteiger partial charge in [0.2, 0.25) is 0 Å². The highest BCUT2D eigenvalue weighted by Crippen LogP contribution is 2.24. The standard InChI is InChI=1S/C12H17N3O2/c13-9-4-1-5-10(11(9)12(14)16)17-7-8-3-2-6-15-8/h1,4-5,8,15H,2-3,6-7,13H2,(H2,14,16). The van der Waals surface area contributed by atoms with Gasteiger partial charge in [0.25, 0.3) is 5.91 Å². The molecule has 1 amide bonds. The Hall–Kier alpha value is -1.75. The van der Waals surface area contributed by atoms with Crippen molar-refractivity contribution in [2.45, 2.75) is 18.9 Å². The van der Waals surface area contributed by atoms with Gasteiger partial charge in [0, 0.05) is 11.7 Å². The number of nitrogen functional groups attached to an aromatic ring is 1. The summed E-state index contributed by atoms with van der Waals surface area (Å²) in [5, 5.41) is 3.32. The molecular weight excluding hydrogens is 218 g/mol. The molecule has 1 fully saturated rings. The summed E-state index contributed by atoms with van der Waals surface area (Å²) in [7, 11) is 0. The third kappa shape index (κ3) is 2.68. The predicted molar refractivity (Wildman–Crippen MR) is 65.9 cm³/mol. The molecule has 1 atom stereocenters. The first-order valence-electron chi connectivity index (χ1n) is 5.73. The van der Waals surface area contributed by atoms with E-state index in [4.69, 9.17) is 16.2 Å². The zero-order valence-corrected chi connectivity index (χ0v) is 9.61. The van der Waals surface area contributed by atoms with E-state index in [9.17, 15) is 4.79 Å². The molecule has 1 aliphatic heterocycles. The lowest BCUT2D eigenvalue weighted by molar-refractivity contribution is 0.0996. The number of hydrogen-bond acceptors (Lipinski definition) is 4. The Labute approximate surface area is 100 Å². The minimum atomic E-state index is -0.558. The number of benzene rings is 1. The monoisotopic (exact) mass is 235 g/mol. The molecule has 0 aromatic heterocycles. The molecule has 5 heteroatoms. The van der Waals surface area contributed by atoms with Crippen LogP contribution in [0.1, 0.15) is 23.2 Å². The van der Waals surface area contributed by atoms with Crippen molar-refractivity contribution < 1.29 is 9.53 Å². The van der Waals surface area contributed by atoms with Gasteiger partial charge in [0.15, 0.2) is 0 Å². The first kappa shape index (κ1) is 11.7. The maximum Gasteiger partial charge on any atom is 0.254 e. The van der Waals surface area contributed by atoms with E-state index in [1.807, 2.05) is 0 Å². The molecule has 1 aromatic carbocycles. The number of nitrogens with one attached hydrogen (secondary N) is 1. The number of nitrogens with two attached hydrogens (primary N) is 2. The van der Waals surface area contributed by atoms with E-state index < -0.39 is 5.91 Å². The quantitative estimate of drug-likeness (QED) is 0.663. The predicted octanol–water partition coefficient (Wildman–Crippen LogP) is 0.498. The van der Waals surface area contributed by atoms with E-state index in [0.29, 0.717) is 24.1 Å². The second-order valence-electron chi connectivity index (χ2n) is 4.19. The highest BCUT2D eigenvalue weighted by Gasteiger charge is 2.17. The van der Waals surface area contributed by atoms with Gasteiger partial charge in [-0.3, -0.25) is 4.79 Å². The number of ether oxygens (including phenoxy) is 1. The van der Waals surface area contributed by atoms with Crippen molar-refractivity contribution in [2.75, 3.05) is 18.9 Å². The number of hydrogen-bond donors (Lipinski definition) is 3. The van der Waals surface area contributed by atoms with Gasteiger partial charge >= 0.3 is 0 Å². The van der Waals surface area contributed by atoms with Crippen LogP contribution in [0.15, 0.2) is 18.2 Å². The Balaban J connectivity index is 2.09. The first-order chi connectivity index (χ1) is 8.18. The lowest BCUT2D eigenvalue weighted by atomic mass is 10.1. The number of carbonyl (C=O) groups excluding carboxylic acids is 1. The third-order valence-electron chi connectivity index (χ3n) is 2.91. The maximum absolute atomic E-state index is 11.3. The van der Waals surface area contributed by atoms with Crippen molar-refractivity contribution in [3.63, 3.8) is 0 Å². The van der Waals surface area contributed by atoms with Crippen molar-refractivity contribution >= 4 is 11.6 Å². The van der Waals surface area contributed by atoms with Crippen molar-refractivity contribution in [3.05, 3.63) is 23.8 Å². The third-order valence-corrected chi connectivity index (χ3v) is 2.91.